The molecule has 0 aliphatic carbocycles. The zero-order valence-corrected chi connectivity index (χ0v) is 10.1. The summed E-state index contributed by atoms with van der Waals surface area (Å²) in [5.74, 6) is -1.20. The van der Waals surface area contributed by atoms with Crippen LogP contribution in [0, 0.1) is 0 Å². The van der Waals surface area contributed by atoms with Gasteiger partial charge in [-0.15, -0.1) is 0 Å². The van der Waals surface area contributed by atoms with Gasteiger partial charge in [0, 0.05) is 29.6 Å². The summed E-state index contributed by atoms with van der Waals surface area (Å²) in [7, 11) is 0. The number of aliphatic hydroxyl groups excluding tert-OH is 1. The highest BCUT2D eigenvalue weighted by molar-refractivity contribution is 5.97. The van der Waals surface area contributed by atoms with Gasteiger partial charge in [0.05, 0.1) is 0 Å². The number of carboxylic acid groups (broad SMARTS) is 1. The number of aromatic carboxylic acids is 1. The van der Waals surface area contributed by atoms with E-state index >= 15 is 0 Å². The number of fused-ring (bicyclic) bond motifs is 1. The standard InChI is InChI=1S/C13H14N2O4/c16-5-1-2-12(17)14-9-3-4-10-8(6-9)7-11(15-10)13(18)19/h3-4,6-7,15-16H,1-2,5H2,(H,14,17)(H,18,19). The Bertz CT molecular complexity index is 618. The first kappa shape index (κ1) is 13.1. The largest absolute Gasteiger partial charge is 0.477 e. The number of aliphatic hydroxyl groups is 1. The van der Waals surface area contributed by atoms with Gasteiger partial charge < -0.3 is 20.5 Å². The number of carbonyl (C=O) groups is 2. The molecular weight excluding hydrogens is 248 g/mol. The predicted octanol–water partition coefficient (Wildman–Crippen LogP) is 1.58. The highest BCUT2D eigenvalue weighted by Gasteiger charge is 2.08. The van der Waals surface area contributed by atoms with E-state index in [0.29, 0.717) is 17.6 Å². The summed E-state index contributed by atoms with van der Waals surface area (Å²) < 4.78 is 0. The molecule has 0 fully saturated rings. The molecule has 0 atom stereocenters. The summed E-state index contributed by atoms with van der Waals surface area (Å²) >= 11 is 0. The SMILES string of the molecule is O=C(CCCO)Nc1ccc2[nH]c(C(=O)O)cc2c1. The molecule has 4 N–H and O–H groups in total. The van der Waals surface area contributed by atoms with Crippen LogP contribution in [0.15, 0.2) is 24.3 Å². The molecule has 0 saturated heterocycles. The average molecular weight is 262 g/mol. The molecule has 6 nitrogen and oxygen atoms in total. The number of amides is 1. The lowest BCUT2D eigenvalue weighted by Gasteiger charge is -2.04. The number of hydrogen-bond donors (Lipinski definition) is 4. The van der Waals surface area contributed by atoms with Gasteiger partial charge in [0.15, 0.2) is 0 Å². The molecule has 0 aliphatic rings. The molecule has 0 bridgehead atoms. The third-order valence-electron chi connectivity index (χ3n) is 2.70. The minimum Gasteiger partial charge on any atom is -0.477 e. The van der Waals surface area contributed by atoms with Crippen LogP contribution in [-0.4, -0.2) is 33.7 Å². The molecule has 0 aliphatic heterocycles. The summed E-state index contributed by atoms with van der Waals surface area (Å²) in [4.78, 5) is 25.1. The van der Waals surface area contributed by atoms with Crippen LogP contribution in [0.3, 0.4) is 0 Å². The van der Waals surface area contributed by atoms with Crippen molar-refractivity contribution in [2.45, 2.75) is 12.8 Å². The van der Waals surface area contributed by atoms with Crippen LogP contribution in [0.1, 0.15) is 23.3 Å². The lowest BCUT2D eigenvalue weighted by molar-refractivity contribution is -0.116. The van der Waals surface area contributed by atoms with Crippen LogP contribution >= 0.6 is 0 Å². The van der Waals surface area contributed by atoms with Gasteiger partial charge in [0.2, 0.25) is 5.91 Å². The predicted molar refractivity (Wildman–Crippen MR) is 70.2 cm³/mol. The second kappa shape index (κ2) is 5.53. The number of aromatic nitrogens is 1. The van der Waals surface area contributed by atoms with Gasteiger partial charge in [-0.1, -0.05) is 0 Å². The van der Waals surface area contributed by atoms with Crippen LogP contribution in [0.5, 0.6) is 0 Å². The zero-order chi connectivity index (χ0) is 13.8. The number of carboxylic acids is 1. The number of anilines is 1. The molecule has 0 unspecified atom stereocenters. The van der Waals surface area contributed by atoms with Gasteiger partial charge in [-0.2, -0.15) is 0 Å². The Kier molecular flexibility index (Phi) is 3.82. The van der Waals surface area contributed by atoms with E-state index in [1.54, 1.807) is 18.2 Å². The summed E-state index contributed by atoms with van der Waals surface area (Å²) in [6.45, 7) is -0.0216. The van der Waals surface area contributed by atoms with Crippen LogP contribution in [0.4, 0.5) is 5.69 Å². The molecule has 1 aromatic heterocycles. The Balaban J connectivity index is 2.17. The molecule has 1 aromatic carbocycles. The Labute approximate surface area is 109 Å². The fraction of sp³-hybridized carbons (Fsp3) is 0.231. The van der Waals surface area contributed by atoms with E-state index in [-0.39, 0.29) is 24.6 Å². The third-order valence-corrected chi connectivity index (χ3v) is 2.70. The van der Waals surface area contributed by atoms with Crippen LogP contribution < -0.4 is 5.32 Å². The van der Waals surface area contributed by atoms with Crippen molar-refractivity contribution in [1.29, 1.82) is 0 Å². The van der Waals surface area contributed by atoms with Crippen molar-refractivity contribution in [3.63, 3.8) is 0 Å². The maximum absolute atomic E-state index is 11.5. The minimum absolute atomic E-state index is 0.0216. The van der Waals surface area contributed by atoms with Gasteiger partial charge in [-0.05, 0) is 30.7 Å². The van der Waals surface area contributed by atoms with Crippen LogP contribution in [0.25, 0.3) is 10.9 Å². The highest BCUT2D eigenvalue weighted by atomic mass is 16.4. The van der Waals surface area contributed by atoms with Crippen molar-refractivity contribution in [1.82, 2.24) is 4.98 Å². The molecule has 0 saturated carbocycles. The van der Waals surface area contributed by atoms with Crippen molar-refractivity contribution in [2.24, 2.45) is 0 Å². The summed E-state index contributed by atoms with van der Waals surface area (Å²) in [5.41, 5.74) is 1.41. The van der Waals surface area contributed by atoms with Crippen molar-refractivity contribution in [3.8, 4) is 0 Å². The van der Waals surface area contributed by atoms with Gasteiger partial charge in [0.1, 0.15) is 5.69 Å². The smallest absolute Gasteiger partial charge is 0.352 e. The molecule has 2 rings (SSSR count). The summed E-state index contributed by atoms with van der Waals surface area (Å²) in [6, 6.07) is 6.63. The van der Waals surface area contributed by atoms with E-state index in [4.69, 9.17) is 10.2 Å². The molecular formula is C13H14N2O4. The molecule has 1 amide bonds. The maximum Gasteiger partial charge on any atom is 0.352 e. The molecule has 0 spiro atoms. The molecule has 100 valence electrons. The molecule has 19 heavy (non-hydrogen) atoms. The van der Waals surface area contributed by atoms with E-state index in [0.717, 1.165) is 5.39 Å². The molecule has 6 heteroatoms. The Morgan fingerprint density at radius 2 is 2.05 bits per heavy atom. The first-order valence-electron chi connectivity index (χ1n) is 5.87. The first-order valence-corrected chi connectivity index (χ1v) is 5.87. The number of hydrogen-bond acceptors (Lipinski definition) is 3. The van der Waals surface area contributed by atoms with Gasteiger partial charge >= 0.3 is 5.97 Å². The van der Waals surface area contributed by atoms with E-state index in [2.05, 4.69) is 10.3 Å². The second-order valence-corrected chi connectivity index (χ2v) is 4.17. The van der Waals surface area contributed by atoms with E-state index < -0.39 is 5.97 Å². The fourth-order valence-corrected chi connectivity index (χ4v) is 1.79. The average Bonchev–Trinajstić information content (AvgIpc) is 2.79. The molecule has 1 heterocycles. The maximum atomic E-state index is 11.5. The topological polar surface area (TPSA) is 102 Å². The Morgan fingerprint density at radius 1 is 1.26 bits per heavy atom. The van der Waals surface area contributed by atoms with E-state index in [1.807, 2.05) is 0 Å². The van der Waals surface area contributed by atoms with Crippen LogP contribution in [0.2, 0.25) is 0 Å². The van der Waals surface area contributed by atoms with Gasteiger partial charge in [-0.3, -0.25) is 4.79 Å². The number of benzene rings is 1. The number of nitrogens with one attached hydrogen (secondary N) is 2. The monoisotopic (exact) mass is 262 g/mol. The number of aromatic amines is 1. The summed E-state index contributed by atoms with van der Waals surface area (Å²) in [6.07, 6.45) is 0.670. The van der Waals surface area contributed by atoms with Crippen molar-refractivity contribution < 1.29 is 19.8 Å². The molecule has 2 aromatic rings. The fourth-order valence-electron chi connectivity index (χ4n) is 1.79. The second-order valence-electron chi connectivity index (χ2n) is 4.17. The minimum atomic E-state index is -1.02. The Hall–Kier alpha value is -2.34. The van der Waals surface area contributed by atoms with Gasteiger partial charge in [-0.25, -0.2) is 4.79 Å². The van der Waals surface area contributed by atoms with E-state index in [1.165, 1.54) is 6.07 Å². The lowest BCUT2D eigenvalue weighted by atomic mass is 10.2. The van der Waals surface area contributed by atoms with Crippen molar-refractivity contribution in [2.75, 3.05) is 11.9 Å². The third kappa shape index (κ3) is 3.11. The quantitative estimate of drug-likeness (QED) is 0.656. The highest BCUT2D eigenvalue weighted by Crippen LogP contribution is 2.20. The number of rotatable bonds is 5. The van der Waals surface area contributed by atoms with Gasteiger partial charge in [0.25, 0.3) is 0 Å². The van der Waals surface area contributed by atoms with Crippen molar-refractivity contribution >= 4 is 28.5 Å². The zero-order valence-electron chi connectivity index (χ0n) is 10.1. The van der Waals surface area contributed by atoms with Crippen LogP contribution in [-0.2, 0) is 4.79 Å². The summed E-state index contributed by atoms with van der Waals surface area (Å²) in [5, 5.41) is 20.9. The lowest BCUT2D eigenvalue weighted by Crippen LogP contribution is -2.11. The molecule has 0 radical (unpaired) electrons. The number of carbonyl (C=O) groups excluding carboxylic acids is 1. The number of H-pyrrole nitrogens is 1. The normalized spacial score (nSPS) is 10.6. The van der Waals surface area contributed by atoms with Crippen molar-refractivity contribution in [3.05, 3.63) is 30.0 Å². The first-order chi connectivity index (χ1) is 9.10. The van der Waals surface area contributed by atoms with E-state index in [9.17, 15) is 9.59 Å². The Morgan fingerprint density at radius 3 is 2.74 bits per heavy atom.